The number of carbonyl (C=O) groups is 2. The number of thiazole rings is 1. The van der Waals surface area contributed by atoms with Crippen molar-refractivity contribution in [2.24, 2.45) is 5.16 Å². The zero-order chi connectivity index (χ0) is 24.3. The van der Waals surface area contributed by atoms with Gasteiger partial charge in [-0.25, -0.2) is 4.98 Å². The van der Waals surface area contributed by atoms with E-state index in [4.69, 9.17) is 18.7 Å². The molecule has 4 rings (SSSR count). The highest BCUT2D eigenvalue weighted by Crippen LogP contribution is 2.37. The first-order valence-corrected chi connectivity index (χ1v) is 13.5. The molecule has 10 nitrogen and oxygen atoms in total. The maximum absolute atomic E-state index is 12.1. The molecule has 0 spiro atoms. The standard InChI is InChI=1S/C22H25N3O7S2/c1-14(26)30-12-21(27)25-9-7-15(8-10-25)22-23-18(13-33-22)17-11-20(31-24-17)16-5-3-4-6-19(16)32-34(2,28)29/h3-6,13,15,20H,7-12H2,1-2H3. The van der Waals surface area contributed by atoms with Gasteiger partial charge in [0.05, 0.1) is 17.0 Å². The van der Waals surface area contributed by atoms with Gasteiger partial charge in [0.15, 0.2) is 12.7 Å². The van der Waals surface area contributed by atoms with Gasteiger partial charge >= 0.3 is 16.1 Å². The highest BCUT2D eigenvalue weighted by Gasteiger charge is 2.30. The molecule has 0 aliphatic carbocycles. The Labute approximate surface area is 201 Å². The van der Waals surface area contributed by atoms with Crippen LogP contribution in [-0.4, -0.2) is 61.8 Å². The van der Waals surface area contributed by atoms with Crippen LogP contribution in [0.5, 0.6) is 5.75 Å². The molecular formula is C22H25N3O7S2. The number of carbonyl (C=O) groups excluding carboxylic acids is 2. The van der Waals surface area contributed by atoms with E-state index in [1.165, 1.54) is 6.92 Å². The molecule has 3 heterocycles. The van der Waals surface area contributed by atoms with Crippen molar-refractivity contribution in [1.29, 1.82) is 0 Å². The maximum Gasteiger partial charge on any atom is 0.306 e. The van der Waals surface area contributed by atoms with Crippen molar-refractivity contribution in [1.82, 2.24) is 9.88 Å². The van der Waals surface area contributed by atoms with E-state index in [1.54, 1.807) is 40.5 Å². The highest BCUT2D eigenvalue weighted by atomic mass is 32.2. The van der Waals surface area contributed by atoms with E-state index in [0.717, 1.165) is 29.8 Å². The molecule has 1 aromatic carbocycles. The van der Waals surface area contributed by atoms with Crippen molar-refractivity contribution in [2.45, 2.75) is 38.2 Å². The fraction of sp³-hybridized carbons (Fsp3) is 0.455. The van der Waals surface area contributed by atoms with Crippen LogP contribution < -0.4 is 4.18 Å². The van der Waals surface area contributed by atoms with Crippen molar-refractivity contribution in [3.63, 3.8) is 0 Å². The summed E-state index contributed by atoms with van der Waals surface area (Å²) in [6, 6.07) is 6.83. The average molecular weight is 508 g/mol. The van der Waals surface area contributed by atoms with E-state index >= 15 is 0 Å². The summed E-state index contributed by atoms with van der Waals surface area (Å²) in [7, 11) is -3.67. The lowest BCUT2D eigenvalue weighted by Crippen LogP contribution is -2.40. The molecule has 1 unspecified atom stereocenters. The molecule has 1 atom stereocenters. The number of amides is 1. The molecule has 1 fully saturated rings. The van der Waals surface area contributed by atoms with Crippen LogP contribution in [0.4, 0.5) is 0 Å². The molecule has 1 amide bonds. The van der Waals surface area contributed by atoms with Crippen molar-refractivity contribution in [3.05, 3.63) is 45.9 Å². The molecule has 1 saturated heterocycles. The Balaban J connectivity index is 1.35. The van der Waals surface area contributed by atoms with Crippen LogP contribution >= 0.6 is 11.3 Å². The van der Waals surface area contributed by atoms with E-state index in [0.29, 0.717) is 30.8 Å². The van der Waals surface area contributed by atoms with Crippen LogP contribution in [0.1, 0.15) is 54.5 Å². The number of oxime groups is 1. The molecule has 0 N–H and O–H groups in total. The van der Waals surface area contributed by atoms with Crippen LogP contribution in [0.15, 0.2) is 34.8 Å². The fourth-order valence-corrected chi connectivity index (χ4v) is 5.40. The second-order valence-electron chi connectivity index (χ2n) is 8.17. The average Bonchev–Trinajstić information content (AvgIpc) is 3.47. The zero-order valence-corrected chi connectivity index (χ0v) is 20.4. The van der Waals surface area contributed by atoms with Crippen molar-refractivity contribution >= 4 is 39.0 Å². The number of nitrogens with zero attached hydrogens (tertiary/aromatic N) is 3. The number of piperidine rings is 1. The molecule has 182 valence electrons. The topological polar surface area (TPSA) is 124 Å². The van der Waals surface area contributed by atoms with Gasteiger partial charge in [-0.2, -0.15) is 8.42 Å². The van der Waals surface area contributed by atoms with E-state index in [-0.39, 0.29) is 24.2 Å². The van der Waals surface area contributed by atoms with E-state index < -0.39 is 22.2 Å². The Morgan fingerprint density at radius 2 is 1.97 bits per heavy atom. The Kier molecular flexibility index (Phi) is 7.17. The molecule has 0 bridgehead atoms. The maximum atomic E-state index is 12.1. The Bertz CT molecular complexity index is 1200. The number of hydrogen-bond acceptors (Lipinski definition) is 10. The Morgan fingerprint density at radius 1 is 1.24 bits per heavy atom. The predicted octanol–water partition coefficient (Wildman–Crippen LogP) is 2.62. The fourth-order valence-electron chi connectivity index (χ4n) is 3.92. The summed E-state index contributed by atoms with van der Waals surface area (Å²) >= 11 is 1.55. The third kappa shape index (κ3) is 5.92. The summed E-state index contributed by atoms with van der Waals surface area (Å²) in [6.45, 7) is 2.23. The molecule has 12 heteroatoms. The number of benzene rings is 1. The Morgan fingerprint density at radius 3 is 2.68 bits per heavy atom. The summed E-state index contributed by atoms with van der Waals surface area (Å²) in [5.74, 6) is -0.192. The van der Waals surface area contributed by atoms with Gasteiger partial charge < -0.3 is 18.7 Å². The largest absolute Gasteiger partial charge is 0.456 e. The van der Waals surface area contributed by atoms with Gasteiger partial charge in [0.2, 0.25) is 0 Å². The zero-order valence-electron chi connectivity index (χ0n) is 18.8. The lowest BCUT2D eigenvalue weighted by atomic mass is 9.97. The minimum atomic E-state index is -3.67. The number of aromatic nitrogens is 1. The summed E-state index contributed by atoms with van der Waals surface area (Å²) in [5, 5.41) is 7.11. The van der Waals surface area contributed by atoms with Crippen LogP contribution in [0, 0.1) is 0 Å². The molecule has 2 aromatic rings. The lowest BCUT2D eigenvalue weighted by Gasteiger charge is -2.30. The van der Waals surface area contributed by atoms with E-state index in [9.17, 15) is 18.0 Å². The lowest BCUT2D eigenvalue weighted by molar-refractivity contribution is -0.150. The third-order valence-electron chi connectivity index (χ3n) is 5.59. The molecule has 2 aliphatic heterocycles. The first-order valence-electron chi connectivity index (χ1n) is 10.8. The monoisotopic (exact) mass is 507 g/mol. The minimum Gasteiger partial charge on any atom is -0.456 e. The first-order chi connectivity index (χ1) is 16.2. The number of ether oxygens (including phenoxy) is 1. The minimum absolute atomic E-state index is 0.183. The van der Waals surface area contributed by atoms with Gasteiger partial charge in [0, 0.05) is 43.3 Å². The van der Waals surface area contributed by atoms with Crippen LogP contribution in [0.25, 0.3) is 0 Å². The quantitative estimate of drug-likeness (QED) is 0.414. The summed E-state index contributed by atoms with van der Waals surface area (Å²) in [5.41, 5.74) is 2.03. The summed E-state index contributed by atoms with van der Waals surface area (Å²) < 4.78 is 33.1. The summed E-state index contributed by atoms with van der Waals surface area (Å²) in [4.78, 5) is 35.1. The molecule has 2 aliphatic rings. The number of likely N-dealkylation sites (tertiary alicyclic amines) is 1. The first kappa shape index (κ1) is 24.1. The second kappa shape index (κ2) is 10.1. The molecule has 1 aromatic heterocycles. The number of rotatable bonds is 7. The van der Waals surface area contributed by atoms with Crippen molar-refractivity contribution in [3.8, 4) is 5.75 Å². The number of hydrogen-bond donors (Lipinski definition) is 0. The van der Waals surface area contributed by atoms with Gasteiger partial charge in [-0.05, 0) is 18.9 Å². The molecule has 0 saturated carbocycles. The van der Waals surface area contributed by atoms with Crippen LogP contribution in [0.3, 0.4) is 0 Å². The summed E-state index contributed by atoms with van der Waals surface area (Å²) in [6.07, 6.45) is 2.53. The Hall–Kier alpha value is -2.99. The van der Waals surface area contributed by atoms with Crippen LogP contribution in [-0.2, 0) is 29.3 Å². The number of esters is 1. The third-order valence-corrected chi connectivity index (χ3v) is 7.08. The predicted molar refractivity (Wildman–Crippen MR) is 124 cm³/mol. The van der Waals surface area contributed by atoms with E-state index in [1.807, 2.05) is 5.38 Å². The van der Waals surface area contributed by atoms with Gasteiger partial charge in [0.25, 0.3) is 5.91 Å². The number of para-hydroxylation sites is 1. The molecule has 0 radical (unpaired) electrons. The smallest absolute Gasteiger partial charge is 0.306 e. The molecular weight excluding hydrogens is 482 g/mol. The van der Waals surface area contributed by atoms with Crippen LogP contribution in [0.2, 0.25) is 0 Å². The molecule has 34 heavy (non-hydrogen) atoms. The van der Waals surface area contributed by atoms with Crippen molar-refractivity contribution < 1.29 is 31.8 Å². The van der Waals surface area contributed by atoms with Gasteiger partial charge in [-0.1, -0.05) is 23.4 Å². The normalized spacial score (nSPS) is 18.8. The van der Waals surface area contributed by atoms with Gasteiger partial charge in [-0.3, -0.25) is 9.59 Å². The van der Waals surface area contributed by atoms with Crippen molar-refractivity contribution in [2.75, 3.05) is 26.0 Å². The second-order valence-corrected chi connectivity index (χ2v) is 10.6. The van der Waals surface area contributed by atoms with Gasteiger partial charge in [-0.15, -0.1) is 11.3 Å². The van der Waals surface area contributed by atoms with Gasteiger partial charge in [0.1, 0.15) is 11.5 Å². The van der Waals surface area contributed by atoms with E-state index in [2.05, 4.69) is 5.16 Å². The highest BCUT2D eigenvalue weighted by molar-refractivity contribution is 7.86. The SMILES string of the molecule is CC(=O)OCC(=O)N1CCC(c2nc(C3=NOC(c4ccccc4OS(C)(=O)=O)C3)cs2)CC1.